The van der Waals surface area contributed by atoms with E-state index in [1.165, 1.54) is 36.7 Å². The van der Waals surface area contributed by atoms with Gasteiger partial charge < -0.3 is 9.57 Å². The van der Waals surface area contributed by atoms with E-state index >= 15 is 0 Å². The first-order valence-electron chi connectivity index (χ1n) is 6.94. The van der Waals surface area contributed by atoms with Crippen LogP contribution in [0.5, 0.6) is 5.75 Å². The molecule has 0 aliphatic heterocycles. The SMILES string of the molecule is O=C(ONc1ccc(OC(F)(F)F)cc1)c1ccc2nccnc2c1. The van der Waals surface area contributed by atoms with Crippen molar-refractivity contribution in [1.29, 1.82) is 0 Å². The van der Waals surface area contributed by atoms with Crippen LogP contribution < -0.4 is 10.2 Å². The number of nitrogens with zero attached hydrogens (tertiary/aromatic N) is 2. The van der Waals surface area contributed by atoms with Gasteiger partial charge in [-0.1, -0.05) is 0 Å². The molecule has 1 heterocycles. The maximum Gasteiger partial charge on any atom is 0.573 e. The van der Waals surface area contributed by atoms with Gasteiger partial charge in [0.2, 0.25) is 0 Å². The third-order valence-corrected chi connectivity index (χ3v) is 3.05. The van der Waals surface area contributed by atoms with Crippen LogP contribution in [0.1, 0.15) is 10.4 Å². The molecule has 9 heteroatoms. The number of rotatable bonds is 4. The molecule has 3 rings (SSSR count). The van der Waals surface area contributed by atoms with Crippen LogP contribution in [0.15, 0.2) is 54.9 Å². The number of fused-ring (bicyclic) bond motifs is 1. The number of ether oxygens (including phenoxy) is 1. The molecule has 0 unspecified atom stereocenters. The molecule has 128 valence electrons. The summed E-state index contributed by atoms with van der Waals surface area (Å²) in [7, 11) is 0. The second kappa shape index (κ2) is 6.63. The van der Waals surface area contributed by atoms with Crippen molar-refractivity contribution in [2.45, 2.75) is 6.36 Å². The summed E-state index contributed by atoms with van der Waals surface area (Å²) in [5, 5.41) is 0. The van der Waals surface area contributed by atoms with Gasteiger partial charge in [0.05, 0.1) is 22.3 Å². The molecule has 0 amide bonds. The van der Waals surface area contributed by atoms with Crippen LogP contribution in [0.2, 0.25) is 0 Å². The minimum absolute atomic E-state index is 0.248. The summed E-state index contributed by atoms with van der Waals surface area (Å²) >= 11 is 0. The number of anilines is 1. The molecule has 0 saturated heterocycles. The van der Waals surface area contributed by atoms with E-state index in [0.717, 1.165) is 12.1 Å². The fourth-order valence-electron chi connectivity index (χ4n) is 1.98. The molecular weight excluding hydrogens is 339 g/mol. The molecule has 0 aliphatic rings. The molecule has 0 atom stereocenters. The van der Waals surface area contributed by atoms with Gasteiger partial charge in [0.1, 0.15) is 5.75 Å². The average Bonchev–Trinajstić information content (AvgIpc) is 2.59. The fraction of sp³-hybridized carbons (Fsp3) is 0.0625. The Morgan fingerprint density at radius 1 is 0.960 bits per heavy atom. The van der Waals surface area contributed by atoms with Crippen molar-refractivity contribution in [3.8, 4) is 5.75 Å². The number of hydrogen-bond acceptors (Lipinski definition) is 6. The van der Waals surface area contributed by atoms with Crippen LogP contribution in [0.25, 0.3) is 11.0 Å². The van der Waals surface area contributed by atoms with Gasteiger partial charge in [0.25, 0.3) is 0 Å². The van der Waals surface area contributed by atoms with E-state index in [2.05, 4.69) is 20.2 Å². The molecule has 0 saturated carbocycles. The third-order valence-electron chi connectivity index (χ3n) is 3.05. The summed E-state index contributed by atoms with van der Waals surface area (Å²) in [6, 6.07) is 9.42. The summed E-state index contributed by atoms with van der Waals surface area (Å²) in [6.45, 7) is 0. The highest BCUT2D eigenvalue weighted by atomic mass is 19.4. The number of carbonyl (C=O) groups is 1. The Bertz CT molecular complexity index is 898. The molecule has 3 aromatic rings. The van der Waals surface area contributed by atoms with E-state index in [1.807, 2.05) is 0 Å². The molecule has 2 aromatic carbocycles. The molecule has 0 aliphatic carbocycles. The Balaban J connectivity index is 1.63. The number of carbonyl (C=O) groups excluding carboxylic acids is 1. The van der Waals surface area contributed by atoms with Gasteiger partial charge in [-0.2, -0.15) is 0 Å². The van der Waals surface area contributed by atoms with Gasteiger partial charge in [-0.3, -0.25) is 9.97 Å². The zero-order valence-corrected chi connectivity index (χ0v) is 12.4. The maximum atomic E-state index is 12.1. The summed E-state index contributed by atoms with van der Waals surface area (Å²) in [6.07, 6.45) is -1.73. The molecule has 1 N–H and O–H groups in total. The number of hydrogen-bond donors (Lipinski definition) is 1. The summed E-state index contributed by atoms with van der Waals surface area (Å²) in [5.74, 6) is -1.05. The lowest BCUT2D eigenvalue weighted by atomic mass is 10.2. The van der Waals surface area contributed by atoms with Gasteiger partial charge in [-0.15, -0.1) is 13.2 Å². The van der Waals surface area contributed by atoms with Crippen molar-refractivity contribution in [1.82, 2.24) is 9.97 Å². The number of aromatic nitrogens is 2. The van der Waals surface area contributed by atoms with E-state index in [4.69, 9.17) is 4.84 Å². The lowest BCUT2D eigenvalue weighted by molar-refractivity contribution is -0.274. The number of halogens is 3. The second-order valence-corrected chi connectivity index (χ2v) is 4.82. The molecule has 6 nitrogen and oxygen atoms in total. The zero-order chi connectivity index (χ0) is 17.9. The summed E-state index contributed by atoms with van der Waals surface area (Å²) < 4.78 is 40.0. The fourth-order valence-corrected chi connectivity index (χ4v) is 1.98. The lowest BCUT2D eigenvalue weighted by Crippen LogP contribution is -2.17. The quantitative estimate of drug-likeness (QED) is 0.724. The van der Waals surface area contributed by atoms with E-state index in [-0.39, 0.29) is 17.0 Å². The Morgan fingerprint density at radius 2 is 1.64 bits per heavy atom. The van der Waals surface area contributed by atoms with Gasteiger partial charge >= 0.3 is 12.3 Å². The molecule has 0 radical (unpaired) electrons. The molecule has 0 spiro atoms. The predicted octanol–water partition coefficient (Wildman–Crippen LogP) is 3.71. The van der Waals surface area contributed by atoms with E-state index in [1.54, 1.807) is 6.07 Å². The monoisotopic (exact) mass is 349 g/mol. The highest BCUT2D eigenvalue weighted by Crippen LogP contribution is 2.24. The van der Waals surface area contributed by atoms with Crippen molar-refractivity contribution >= 4 is 22.7 Å². The van der Waals surface area contributed by atoms with Crippen molar-refractivity contribution in [2.75, 3.05) is 5.48 Å². The van der Waals surface area contributed by atoms with Crippen molar-refractivity contribution < 1.29 is 27.5 Å². The van der Waals surface area contributed by atoms with Gasteiger partial charge in [0, 0.05) is 12.4 Å². The van der Waals surface area contributed by atoms with Crippen LogP contribution in [0.3, 0.4) is 0 Å². The second-order valence-electron chi connectivity index (χ2n) is 4.82. The van der Waals surface area contributed by atoms with E-state index in [9.17, 15) is 18.0 Å². The Labute approximate surface area is 139 Å². The smallest absolute Gasteiger partial charge is 0.406 e. The number of benzene rings is 2. The van der Waals surface area contributed by atoms with Crippen molar-refractivity contribution in [3.63, 3.8) is 0 Å². The Hall–Kier alpha value is -3.36. The first kappa shape index (κ1) is 16.5. The highest BCUT2D eigenvalue weighted by Gasteiger charge is 2.30. The molecule has 1 aromatic heterocycles. The number of alkyl halides is 3. The van der Waals surface area contributed by atoms with E-state index in [0.29, 0.717) is 11.0 Å². The van der Waals surface area contributed by atoms with Crippen molar-refractivity contribution in [2.24, 2.45) is 0 Å². The largest absolute Gasteiger partial charge is 0.573 e. The Morgan fingerprint density at radius 3 is 2.32 bits per heavy atom. The lowest BCUT2D eigenvalue weighted by Gasteiger charge is -2.10. The minimum atomic E-state index is -4.76. The first-order chi connectivity index (χ1) is 11.9. The van der Waals surface area contributed by atoms with Crippen LogP contribution in [0, 0.1) is 0 Å². The van der Waals surface area contributed by atoms with Gasteiger partial charge in [0.15, 0.2) is 0 Å². The molecule has 0 fully saturated rings. The van der Waals surface area contributed by atoms with Crippen LogP contribution in [-0.2, 0) is 4.84 Å². The normalized spacial score (nSPS) is 11.2. The zero-order valence-electron chi connectivity index (χ0n) is 12.4. The molecule has 25 heavy (non-hydrogen) atoms. The maximum absolute atomic E-state index is 12.1. The van der Waals surface area contributed by atoms with Crippen LogP contribution in [-0.4, -0.2) is 22.3 Å². The van der Waals surface area contributed by atoms with Gasteiger partial charge in [-0.05, 0) is 42.5 Å². The predicted molar refractivity (Wildman–Crippen MR) is 81.7 cm³/mol. The van der Waals surface area contributed by atoms with Crippen LogP contribution in [0.4, 0.5) is 18.9 Å². The summed E-state index contributed by atoms with van der Waals surface area (Å²) in [5.41, 5.74) is 4.05. The van der Waals surface area contributed by atoms with E-state index < -0.39 is 12.3 Å². The van der Waals surface area contributed by atoms with Crippen molar-refractivity contribution in [3.05, 3.63) is 60.4 Å². The standard InChI is InChI=1S/C16H10F3N3O3/c17-16(18,19)24-12-4-2-11(3-5-12)22-25-15(23)10-1-6-13-14(9-10)21-8-7-20-13/h1-9,22H. The highest BCUT2D eigenvalue weighted by molar-refractivity contribution is 5.93. The summed E-state index contributed by atoms with van der Waals surface area (Å²) in [4.78, 5) is 25.1. The van der Waals surface area contributed by atoms with Gasteiger partial charge in [-0.25, -0.2) is 10.3 Å². The molecular formula is C16H10F3N3O3. The topological polar surface area (TPSA) is 73.3 Å². The Kier molecular flexibility index (Phi) is 4.38. The first-order valence-corrected chi connectivity index (χ1v) is 6.94. The number of nitrogens with one attached hydrogen (secondary N) is 1. The minimum Gasteiger partial charge on any atom is -0.406 e. The molecule has 0 bridgehead atoms. The third kappa shape index (κ3) is 4.34. The van der Waals surface area contributed by atoms with Crippen LogP contribution >= 0.6 is 0 Å². The average molecular weight is 349 g/mol.